The van der Waals surface area contributed by atoms with E-state index in [4.69, 9.17) is 0 Å². The average Bonchev–Trinajstić information content (AvgIpc) is 2.07. The number of hydrogen-bond acceptors (Lipinski definition) is 1. The standard InChI is InChI=1S/C9H15F6N/c10-7(9(14,15)16)5-3-1-2-4-6-8(11,12)13/h7H,1-6,16H2. The highest BCUT2D eigenvalue weighted by Gasteiger charge is 2.34. The third kappa shape index (κ3) is 8.82. The molecule has 1 atom stereocenters. The molecule has 0 rings (SSSR count). The van der Waals surface area contributed by atoms with Crippen molar-refractivity contribution in [2.75, 3.05) is 0 Å². The molecule has 0 saturated heterocycles. The maximum absolute atomic E-state index is 12.6. The van der Waals surface area contributed by atoms with E-state index in [9.17, 15) is 26.3 Å². The van der Waals surface area contributed by atoms with Crippen LogP contribution in [0.3, 0.4) is 0 Å². The van der Waals surface area contributed by atoms with E-state index in [1.807, 2.05) is 0 Å². The molecule has 0 aliphatic carbocycles. The van der Waals surface area contributed by atoms with Gasteiger partial charge in [-0.25, -0.2) is 4.39 Å². The van der Waals surface area contributed by atoms with Gasteiger partial charge in [0.1, 0.15) is 0 Å². The van der Waals surface area contributed by atoms with Gasteiger partial charge < -0.3 is 0 Å². The third-order valence-corrected chi connectivity index (χ3v) is 2.09. The van der Waals surface area contributed by atoms with E-state index < -0.39 is 31.2 Å². The van der Waals surface area contributed by atoms with Crippen LogP contribution in [0.5, 0.6) is 0 Å². The Kier molecular flexibility index (Phi) is 6.14. The van der Waals surface area contributed by atoms with Crippen LogP contribution in [-0.2, 0) is 0 Å². The van der Waals surface area contributed by atoms with Gasteiger partial charge in [-0.3, -0.25) is 5.73 Å². The van der Waals surface area contributed by atoms with Crippen LogP contribution in [-0.4, -0.2) is 18.4 Å². The van der Waals surface area contributed by atoms with Crippen LogP contribution in [0.15, 0.2) is 0 Å². The van der Waals surface area contributed by atoms with Crippen molar-refractivity contribution in [1.82, 2.24) is 0 Å². The second-order valence-electron chi connectivity index (χ2n) is 3.71. The lowest BCUT2D eigenvalue weighted by Gasteiger charge is -2.15. The number of hydrogen-bond donors (Lipinski definition) is 1. The van der Waals surface area contributed by atoms with Crippen molar-refractivity contribution < 1.29 is 26.3 Å². The minimum Gasteiger partial charge on any atom is -0.270 e. The van der Waals surface area contributed by atoms with E-state index in [1.165, 1.54) is 0 Å². The molecule has 0 bridgehead atoms. The summed E-state index contributed by atoms with van der Waals surface area (Å²) in [4.78, 5) is 0. The molecule has 0 aromatic heterocycles. The predicted octanol–water partition coefficient (Wildman–Crippen LogP) is 3.78. The summed E-state index contributed by atoms with van der Waals surface area (Å²) < 4.78 is 71.8. The molecule has 0 aromatic carbocycles. The molecule has 1 unspecified atom stereocenters. The van der Waals surface area contributed by atoms with E-state index in [2.05, 4.69) is 5.73 Å². The SMILES string of the molecule is NC(F)(F)C(F)CCCCCCC(F)(F)F. The largest absolute Gasteiger partial charge is 0.389 e. The Balaban J connectivity index is 3.41. The first-order valence-corrected chi connectivity index (χ1v) is 5.00. The molecule has 0 radical (unpaired) electrons. The molecule has 0 aliphatic rings. The van der Waals surface area contributed by atoms with Gasteiger partial charge >= 0.3 is 12.2 Å². The van der Waals surface area contributed by atoms with Gasteiger partial charge in [-0.05, 0) is 12.8 Å². The molecule has 0 aliphatic heterocycles. The number of rotatable bonds is 7. The molecule has 16 heavy (non-hydrogen) atoms. The Hall–Kier alpha value is -0.460. The first kappa shape index (κ1) is 15.5. The Morgan fingerprint density at radius 1 is 0.875 bits per heavy atom. The molecule has 0 heterocycles. The lowest BCUT2D eigenvalue weighted by Crippen LogP contribution is -2.39. The van der Waals surface area contributed by atoms with Crippen LogP contribution >= 0.6 is 0 Å². The van der Waals surface area contributed by atoms with Crippen LogP contribution in [0.25, 0.3) is 0 Å². The molecule has 7 heteroatoms. The zero-order valence-corrected chi connectivity index (χ0v) is 8.67. The summed E-state index contributed by atoms with van der Waals surface area (Å²) >= 11 is 0. The van der Waals surface area contributed by atoms with Crippen molar-refractivity contribution in [3.63, 3.8) is 0 Å². The fourth-order valence-electron chi connectivity index (χ4n) is 1.19. The number of alkyl halides is 6. The zero-order chi connectivity index (χ0) is 12.8. The van der Waals surface area contributed by atoms with Gasteiger partial charge in [0, 0.05) is 6.42 Å². The van der Waals surface area contributed by atoms with Crippen molar-refractivity contribution in [1.29, 1.82) is 0 Å². The van der Waals surface area contributed by atoms with E-state index >= 15 is 0 Å². The second-order valence-corrected chi connectivity index (χ2v) is 3.71. The average molecular weight is 251 g/mol. The van der Waals surface area contributed by atoms with Crippen LogP contribution in [0.1, 0.15) is 38.5 Å². The minimum atomic E-state index is -4.19. The molecule has 1 nitrogen and oxygen atoms in total. The lowest BCUT2D eigenvalue weighted by atomic mass is 10.1. The Morgan fingerprint density at radius 2 is 1.38 bits per heavy atom. The minimum absolute atomic E-state index is 0.0561. The van der Waals surface area contributed by atoms with Gasteiger partial charge in [-0.2, -0.15) is 22.0 Å². The topological polar surface area (TPSA) is 26.0 Å². The number of nitrogens with two attached hydrogens (primary N) is 1. The number of halogens is 6. The highest BCUT2D eigenvalue weighted by molar-refractivity contribution is 4.69. The third-order valence-electron chi connectivity index (χ3n) is 2.09. The molecule has 0 spiro atoms. The highest BCUT2D eigenvalue weighted by Crippen LogP contribution is 2.24. The molecule has 0 saturated carbocycles. The normalized spacial score (nSPS) is 15.2. The van der Waals surface area contributed by atoms with Gasteiger partial charge in [0.15, 0.2) is 6.17 Å². The number of unbranched alkanes of at least 4 members (excludes halogenated alkanes) is 3. The smallest absolute Gasteiger partial charge is 0.270 e. The molecular formula is C9H15F6N. The Bertz CT molecular complexity index is 185. The summed E-state index contributed by atoms with van der Waals surface area (Å²) in [7, 11) is 0. The molecule has 98 valence electrons. The second kappa shape index (κ2) is 6.32. The van der Waals surface area contributed by atoms with Crippen molar-refractivity contribution in [3.05, 3.63) is 0 Å². The van der Waals surface area contributed by atoms with Crippen molar-refractivity contribution in [3.8, 4) is 0 Å². The van der Waals surface area contributed by atoms with E-state index in [0.29, 0.717) is 6.42 Å². The summed E-state index contributed by atoms with van der Waals surface area (Å²) in [6.07, 6.45) is -7.31. The summed E-state index contributed by atoms with van der Waals surface area (Å²) in [5.74, 6) is 0. The first-order chi connectivity index (χ1) is 7.13. The highest BCUT2D eigenvalue weighted by atomic mass is 19.4. The summed E-state index contributed by atoms with van der Waals surface area (Å²) in [5, 5.41) is 0. The van der Waals surface area contributed by atoms with Crippen LogP contribution in [0.2, 0.25) is 0 Å². The van der Waals surface area contributed by atoms with E-state index in [1.54, 1.807) is 0 Å². The fraction of sp³-hybridized carbons (Fsp3) is 1.00. The zero-order valence-electron chi connectivity index (χ0n) is 8.67. The Labute approximate surface area is 90.0 Å². The summed E-state index contributed by atoms with van der Waals surface area (Å²) in [6.45, 7) is 0. The lowest BCUT2D eigenvalue weighted by molar-refractivity contribution is -0.135. The molecule has 0 aromatic rings. The van der Waals surface area contributed by atoms with Gasteiger partial charge in [0.25, 0.3) is 0 Å². The molecule has 0 amide bonds. The van der Waals surface area contributed by atoms with Gasteiger partial charge in [0.2, 0.25) is 0 Å². The first-order valence-electron chi connectivity index (χ1n) is 5.00. The van der Waals surface area contributed by atoms with E-state index in [0.717, 1.165) is 0 Å². The van der Waals surface area contributed by atoms with Crippen LogP contribution in [0, 0.1) is 0 Å². The van der Waals surface area contributed by atoms with Crippen LogP contribution < -0.4 is 5.73 Å². The van der Waals surface area contributed by atoms with Crippen LogP contribution in [0.4, 0.5) is 26.3 Å². The predicted molar refractivity (Wildman–Crippen MR) is 47.8 cm³/mol. The fourth-order valence-corrected chi connectivity index (χ4v) is 1.19. The monoisotopic (exact) mass is 251 g/mol. The van der Waals surface area contributed by atoms with Crippen molar-refractivity contribution >= 4 is 0 Å². The van der Waals surface area contributed by atoms with Gasteiger partial charge in [0.05, 0.1) is 0 Å². The van der Waals surface area contributed by atoms with Gasteiger partial charge in [-0.1, -0.05) is 19.3 Å². The molecule has 2 N–H and O–H groups in total. The maximum Gasteiger partial charge on any atom is 0.389 e. The Morgan fingerprint density at radius 3 is 1.81 bits per heavy atom. The molecular weight excluding hydrogens is 236 g/mol. The summed E-state index contributed by atoms with van der Waals surface area (Å²) in [6, 6.07) is -3.86. The van der Waals surface area contributed by atoms with Crippen molar-refractivity contribution in [2.24, 2.45) is 5.73 Å². The summed E-state index contributed by atoms with van der Waals surface area (Å²) in [5.41, 5.74) is 4.22. The maximum atomic E-state index is 12.6. The molecule has 0 fully saturated rings. The van der Waals surface area contributed by atoms with E-state index in [-0.39, 0.29) is 19.3 Å². The van der Waals surface area contributed by atoms with Crippen molar-refractivity contribution in [2.45, 2.75) is 56.9 Å². The quantitative estimate of drug-likeness (QED) is 0.416. The van der Waals surface area contributed by atoms with Gasteiger partial charge in [-0.15, -0.1) is 0 Å².